The Bertz CT molecular complexity index is 223. The van der Waals surface area contributed by atoms with Gasteiger partial charge in [-0.15, -0.1) is 0 Å². The molecule has 2 N–H and O–H groups in total. The van der Waals surface area contributed by atoms with Gasteiger partial charge in [0.2, 0.25) is 5.91 Å². The van der Waals surface area contributed by atoms with Crippen molar-refractivity contribution in [1.82, 2.24) is 9.80 Å². The van der Waals surface area contributed by atoms with E-state index >= 15 is 0 Å². The van der Waals surface area contributed by atoms with E-state index in [-0.39, 0.29) is 11.9 Å². The fourth-order valence-electron chi connectivity index (χ4n) is 2.25. The first-order valence-corrected chi connectivity index (χ1v) is 5.39. The Morgan fingerprint density at radius 1 is 1.43 bits per heavy atom. The third-order valence-corrected chi connectivity index (χ3v) is 3.36. The van der Waals surface area contributed by atoms with Crippen LogP contribution in [0.5, 0.6) is 0 Å². The molecular weight excluding hydrogens is 178 g/mol. The molecule has 14 heavy (non-hydrogen) atoms. The van der Waals surface area contributed by atoms with Gasteiger partial charge in [-0.2, -0.15) is 0 Å². The molecule has 0 aliphatic carbocycles. The van der Waals surface area contributed by atoms with Crippen molar-refractivity contribution in [3.05, 3.63) is 0 Å². The monoisotopic (exact) mass is 197 g/mol. The maximum Gasteiger partial charge on any atom is 0.241 e. The summed E-state index contributed by atoms with van der Waals surface area (Å²) in [4.78, 5) is 15.5. The van der Waals surface area contributed by atoms with Crippen LogP contribution in [0.2, 0.25) is 0 Å². The lowest BCUT2D eigenvalue weighted by atomic mass is 9.94. The second kappa shape index (κ2) is 3.87. The Hall–Kier alpha value is -0.610. The summed E-state index contributed by atoms with van der Waals surface area (Å²) < 4.78 is 0. The highest BCUT2D eigenvalue weighted by atomic mass is 16.2. The van der Waals surface area contributed by atoms with Crippen molar-refractivity contribution in [2.45, 2.75) is 18.9 Å². The van der Waals surface area contributed by atoms with E-state index in [1.54, 1.807) is 0 Å². The molecule has 0 aromatic rings. The van der Waals surface area contributed by atoms with Crippen molar-refractivity contribution in [2.75, 3.05) is 33.2 Å². The smallest absolute Gasteiger partial charge is 0.241 e. The van der Waals surface area contributed by atoms with Crippen molar-refractivity contribution >= 4 is 5.91 Å². The second-order valence-corrected chi connectivity index (χ2v) is 4.60. The van der Waals surface area contributed by atoms with Crippen LogP contribution in [0.25, 0.3) is 0 Å². The summed E-state index contributed by atoms with van der Waals surface area (Å²) >= 11 is 0. The van der Waals surface area contributed by atoms with Gasteiger partial charge in [0.25, 0.3) is 0 Å². The Kier molecular flexibility index (Phi) is 2.74. The van der Waals surface area contributed by atoms with E-state index in [4.69, 9.17) is 5.73 Å². The summed E-state index contributed by atoms with van der Waals surface area (Å²) in [6.07, 6.45) is 2.44. The van der Waals surface area contributed by atoms with E-state index in [0.717, 1.165) is 13.1 Å². The molecule has 0 bridgehead atoms. The number of carbonyl (C=O) groups is 1. The number of likely N-dealkylation sites (tertiary alicyclic amines) is 2. The minimum atomic E-state index is -0.207. The number of hydrogen-bond acceptors (Lipinski definition) is 3. The Labute approximate surface area is 85.0 Å². The fraction of sp³-hybridized carbons (Fsp3) is 0.900. The summed E-state index contributed by atoms with van der Waals surface area (Å²) in [6.45, 7) is 4.03. The summed E-state index contributed by atoms with van der Waals surface area (Å²) in [7, 11) is 2.15. The molecule has 2 fully saturated rings. The Morgan fingerprint density at radius 2 is 2.07 bits per heavy atom. The van der Waals surface area contributed by atoms with Crippen LogP contribution in [0, 0.1) is 5.92 Å². The Morgan fingerprint density at radius 3 is 2.57 bits per heavy atom. The normalized spacial score (nSPS) is 30.6. The van der Waals surface area contributed by atoms with Crippen LogP contribution in [0.1, 0.15) is 12.8 Å². The zero-order chi connectivity index (χ0) is 10.1. The van der Waals surface area contributed by atoms with Crippen LogP contribution in [0.3, 0.4) is 0 Å². The SMILES string of the molecule is CN1CCC(CN2CC(N)C2=O)CC1. The molecular formula is C10H19N3O. The van der Waals surface area contributed by atoms with Crippen LogP contribution < -0.4 is 5.73 Å². The number of nitrogens with two attached hydrogens (primary N) is 1. The van der Waals surface area contributed by atoms with E-state index in [2.05, 4.69) is 11.9 Å². The first-order valence-electron chi connectivity index (χ1n) is 5.39. The summed E-state index contributed by atoms with van der Waals surface area (Å²) in [5.74, 6) is 0.839. The van der Waals surface area contributed by atoms with Crippen LogP contribution in [-0.4, -0.2) is 55.0 Å². The van der Waals surface area contributed by atoms with Gasteiger partial charge >= 0.3 is 0 Å². The molecule has 2 saturated heterocycles. The number of carbonyl (C=O) groups excluding carboxylic acids is 1. The zero-order valence-electron chi connectivity index (χ0n) is 8.78. The first-order chi connectivity index (χ1) is 6.66. The molecule has 0 aromatic heterocycles. The van der Waals surface area contributed by atoms with Crippen LogP contribution in [0.15, 0.2) is 0 Å². The molecule has 1 atom stereocenters. The van der Waals surface area contributed by atoms with Crippen molar-refractivity contribution in [2.24, 2.45) is 11.7 Å². The predicted molar refractivity (Wildman–Crippen MR) is 54.8 cm³/mol. The average molecular weight is 197 g/mol. The van der Waals surface area contributed by atoms with Crippen LogP contribution in [-0.2, 0) is 4.79 Å². The number of piperidine rings is 1. The summed E-state index contributed by atoms with van der Waals surface area (Å²) in [6, 6.07) is -0.207. The van der Waals surface area contributed by atoms with E-state index in [1.807, 2.05) is 4.90 Å². The maximum absolute atomic E-state index is 11.3. The minimum Gasteiger partial charge on any atom is -0.339 e. The van der Waals surface area contributed by atoms with Crippen LogP contribution in [0.4, 0.5) is 0 Å². The van der Waals surface area contributed by atoms with Crippen molar-refractivity contribution in [3.8, 4) is 0 Å². The molecule has 4 heteroatoms. The van der Waals surface area contributed by atoms with E-state index in [1.165, 1.54) is 25.9 Å². The third-order valence-electron chi connectivity index (χ3n) is 3.36. The molecule has 0 aromatic carbocycles. The lowest BCUT2D eigenvalue weighted by molar-refractivity contribution is -0.143. The Balaban J connectivity index is 1.74. The number of amides is 1. The van der Waals surface area contributed by atoms with Gasteiger partial charge in [-0.25, -0.2) is 0 Å². The van der Waals surface area contributed by atoms with Gasteiger partial charge in [-0.1, -0.05) is 0 Å². The van der Waals surface area contributed by atoms with Gasteiger partial charge in [-0.3, -0.25) is 4.79 Å². The maximum atomic E-state index is 11.3. The number of nitrogens with zero attached hydrogens (tertiary/aromatic N) is 2. The first kappa shape index (κ1) is 9.93. The van der Waals surface area contributed by atoms with Gasteiger partial charge in [0.15, 0.2) is 0 Å². The van der Waals surface area contributed by atoms with Crippen molar-refractivity contribution in [3.63, 3.8) is 0 Å². The average Bonchev–Trinajstić information content (AvgIpc) is 2.20. The highest BCUT2D eigenvalue weighted by molar-refractivity contribution is 5.87. The molecule has 0 saturated carbocycles. The topological polar surface area (TPSA) is 49.6 Å². The van der Waals surface area contributed by atoms with Gasteiger partial charge in [-0.05, 0) is 38.9 Å². The number of β-lactam (4-membered cyclic amide) rings is 1. The lowest BCUT2D eigenvalue weighted by Crippen LogP contribution is -2.62. The highest BCUT2D eigenvalue weighted by Crippen LogP contribution is 2.20. The van der Waals surface area contributed by atoms with Crippen LogP contribution >= 0.6 is 0 Å². The van der Waals surface area contributed by atoms with Crippen molar-refractivity contribution < 1.29 is 4.79 Å². The molecule has 2 aliphatic rings. The van der Waals surface area contributed by atoms with E-state index in [9.17, 15) is 4.79 Å². The predicted octanol–water partition coefficient (Wildman–Crippen LogP) is -0.502. The molecule has 2 rings (SSSR count). The lowest BCUT2D eigenvalue weighted by Gasteiger charge is -2.40. The largest absolute Gasteiger partial charge is 0.339 e. The second-order valence-electron chi connectivity index (χ2n) is 4.60. The number of hydrogen-bond donors (Lipinski definition) is 1. The molecule has 80 valence electrons. The number of rotatable bonds is 2. The van der Waals surface area contributed by atoms with E-state index in [0.29, 0.717) is 5.92 Å². The van der Waals surface area contributed by atoms with Gasteiger partial charge in [0, 0.05) is 13.1 Å². The fourth-order valence-corrected chi connectivity index (χ4v) is 2.25. The van der Waals surface area contributed by atoms with Gasteiger partial charge < -0.3 is 15.5 Å². The summed E-state index contributed by atoms with van der Waals surface area (Å²) in [5.41, 5.74) is 5.54. The van der Waals surface area contributed by atoms with E-state index < -0.39 is 0 Å². The molecule has 1 amide bonds. The summed E-state index contributed by atoms with van der Waals surface area (Å²) in [5, 5.41) is 0. The van der Waals surface area contributed by atoms with Gasteiger partial charge in [0.1, 0.15) is 6.04 Å². The zero-order valence-corrected chi connectivity index (χ0v) is 8.78. The van der Waals surface area contributed by atoms with Crippen molar-refractivity contribution in [1.29, 1.82) is 0 Å². The minimum absolute atomic E-state index is 0.143. The molecule has 2 heterocycles. The molecule has 4 nitrogen and oxygen atoms in total. The molecule has 1 unspecified atom stereocenters. The highest BCUT2D eigenvalue weighted by Gasteiger charge is 2.34. The molecule has 2 aliphatic heterocycles. The standard InChI is InChI=1S/C10H19N3O/c1-12-4-2-8(3-5-12)6-13-7-9(11)10(13)14/h8-9H,2-7,11H2,1H3. The third kappa shape index (κ3) is 1.91. The molecule has 0 spiro atoms. The molecule has 0 radical (unpaired) electrons. The quantitative estimate of drug-likeness (QED) is 0.607. The van der Waals surface area contributed by atoms with Gasteiger partial charge in [0.05, 0.1) is 0 Å².